The second kappa shape index (κ2) is 2.94. The minimum atomic E-state index is -1.68. The molecule has 0 saturated carbocycles. The first-order valence-electron chi connectivity index (χ1n) is 3.25. The van der Waals surface area contributed by atoms with E-state index in [1.165, 1.54) is 10.9 Å². The van der Waals surface area contributed by atoms with Crippen molar-refractivity contribution < 1.29 is 8.78 Å². The Labute approximate surface area is 63.0 Å². The molecule has 3 nitrogen and oxygen atoms in total. The van der Waals surface area contributed by atoms with Crippen molar-refractivity contribution >= 4 is 0 Å². The topological polar surface area (TPSA) is 30.7 Å². The van der Waals surface area contributed by atoms with Crippen LogP contribution in [0.5, 0.6) is 0 Å². The van der Waals surface area contributed by atoms with Gasteiger partial charge in [-0.1, -0.05) is 0 Å². The Hall–Kier alpha value is -1.00. The van der Waals surface area contributed by atoms with Crippen LogP contribution in [-0.2, 0) is 7.05 Å². The molecular formula is C6H9F2N3. The summed E-state index contributed by atoms with van der Waals surface area (Å²) in [7, 11) is 1.57. The summed E-state index contributed by atoms with van der Waals surface area (Å²) in [6.45, 7) is 1.15. The molecule has 0 aliphatic heterocycles. The molecule has 0 bridgehead atoms. The fourth-order valence-electron chi connectivity index (χ4n) is 0.747. The lowest BCUT2D eigenvalue weighted by Crippen LogP contribution is -2.10. The molecule has 0 aromatic carbocycles. The van der Waals surface area contributed by atoms with Crippen LogP contribution in [0, 0.1) is 0 Å². The highest BCUT2D eigenvalue weighted by Crippen LogP contribution is 2.20. The zero-order valence-corrected chi connectivity index (χ0v) is 6.33. The van der Waals surface area contributed by atoms with Gasteiger partial charge in [0.25, 0.3) is 0 Å². The minimum absolute atomic E-state index is 0.0278. The quantitative estimate of drug-likeness (QED) is 0.652. The third kappa shape index (κ3) is 1.53. The summed E-state index contributed by atoms with van der Waals surface area (Å²) in [4.78, 5) is 0. The van der Waals surface area contributed by atoms with E-state index in [4.69, 9.17) is 0 Å². The number of hydrogen-bond acceptors (Lipinski definition) is 2. The Morgan fingerprint density at radius 2 is 2.18 bits per heavy atom. The zero-order valence-electron chi connectivity index (χ0n) is 6.33. The molecule has 1 heterocycles. The van der Waals surface area contributed by atoms with Crippen LogP contribution in [0.2, 0.25) is 0 Å². The average Bonchev–Trinajstić information content (AvgIpc) is 2.33. The smallest absolute Gasteiger partial charge is 0.190 e. The number of halogens is 2. The van der Waals surface area contributed by atoms with Crippen molar-refractivity contribution in [3.63, 3.8) is 0 Å². The van der Waals surface area contributed by atoms with Crippen LogP contribution in [-0.4, -0.2) is 20.9 Å². The largest absolute Gasteiger partial charge is 0.318 e. The van der Waals surface area contributed by atoms with Crippen molar-refractivity contribution in [2.75, 3.05) is 0 Å². The van der Waals surface area contributed by atoms with Gasteiger partial charge in [-0.3, -0.25) is 0 Å². The number of rotatable bonds is 2. The van der Waals surface area contributed by atoms with Crippen LogP contribution in [0.4, 0.5) is 8.78 Å². The lowest BCUT2D eigenvalue weighted by Gasteiger charge is -2.06. The first kappa shape index (κ1) is 8.10. The monoisotopic (exact) mass is 161 g/mol. The second-order valence-corrected chi connectivity index (χ2v) is 2.38. The highest BCUT2D eigenvalue weighted by atomic mass is 19.2. The van der Waals surface area contributed by atoms with Gasteiger partial charge in [-0.2, -0.15) is 0 Å². The average molecular weight is 161 g/mol. The summed E-state index contributed by atoms with van der Waals surface area (Å²) < 4.78 is 26.6. The second-order valence-electron chi connectivity index (χ2n) is 2.38. The third-order valence-corrected chi connectivity index (χ3v) is 1.40. The Bertz CT molecular complexity index is 233. The molecule has 0 unspecified atom stereocenters. The number of aryl methyl sites for hydroxylation is 1. The molecule has 0 aliphatic carbocycles. The molecule has 0 spiro atoms. The molecule has 2 atom stereocenters. The number of aromatic nitrogens is 3. The van der Waals surface area contributed by atoms with Gasteiger partial charge in [0, 0.05) is 7.05 Å². The van der Waals surface area contributed by atoms with Gasteiger partial charge in [-0.15, -0.1) is 10.2 Å². The van der Waals surface area contributed by atoms with Gasteiger partial charge in [-0.25, -0.2) is 8.78 Å². The summed E-state index contributed by atoms with van der Waals surface area (Å²) in [5, 5.41) is 6.87. The lowest BCUT2D eigenvalue weighted by molar-refractivity contribution is 0.173. The molecule has 1 aromatic rings. The summed E-state index contributed by atoms with van der Waals surface area (Å²) in [5.74, 6) is 0.0278. The number of nitrogens with zero attached hydrogens (tertiary/aromatic N) is 3. The Morgan fingerprint density at radius 1 is 1.55 bits per heavy atom. The van der Waals surface area contributed by atoms with Crippen molar-refractivity contribution in [1.29, 1.82) is 0 Å². The molecule has 0 radical (unpaired) electrons. The number of alkyl halides is 2. The predicted octanol–water partition coefficient (Wildman–Crippen LogP) is 1.18. The van der Waals surface area contributed by atoms with Crippen molar-refractivity contribution in [3.8, 4) is 0 Å². The standard InChI is InChI=1S/C6H9F2N3/c1-4(7)5(8)6-10-9-3-11(6)2/h3-5H,1-2H3/t4-,5-/m1/s1. The van der Waals surface area contributed by atoms with E-state index in [0.29, 0.717) is 0 Å². The van der Waals surface area contributed by atoms with Crippen LogP contribution in [0.3, 0.4) is 0 Å². The third-order valence-electron chi connectivity index (χ3n) is 1.40. The predicted molar refractivity (Wildman–Crippen MR) is 35.4 cm³/mol. The van der Waals surface area contributed by atoms with Crippen LogP contribution >= 0.6 is 0 Å². The van der Waals surface area contributed by atoms with Gasteiger partial charge >= 0.3 is 0 Å². The van der Waals surface area contributed by atoms with Crippen molar-refractivity contribution in [1.82, 2.24) is 14.8 Å². The van der Waals surface area contributed by atoms with Crippen molar-refractivity contribution in [3.05, 3.63) is 12.2 Å². The number of hydrogen-bond donors (Lipinski definition) is 0. The molecule has 0 amide bonds. The molecule has 1 aromatic heterocycles. The van der Waals surface area contributed by atoms with Crippen LogP contribution in [0.15, 0.2) is 6.33 Å². The first-order chi connectivity index (χ1) is 5.13. The molecular weight excluding hydrogens is 152 g/mol. The maximum absolute atomic E-state index is 12.9. The summed E-state index contributed by atoms with van der Waals surface area (Å²) in [5.41, 5.74) is 0. The molecule has 0 aliphatic rings. The SMILES string of the molecule is C[C@@H](F)[C@@H](F)c1nncn1C. The molecule has 0 N–H and O–H groups in total. The zero-order chi connectivity index (χ0) is 8.43. The van der Waals surface area contributed by atoms with E-state index in [-0.39, 0.29) is 5.82 Å². The van der Waals surface area contributed by atoms with E-state index in [1.807, 2.05) is 0 Å². The molecule has 62 valence electrons. The van der Waals surface area contributed by atoms with E-state index in [9.17, 15) is 8.78 Å². The maximum atomic E-state index is 12.9. The van der Waals surface area contributed by atoms with Crippen molar-refractivity contribution in [2.45, 2.75) is 19.3 Å². The molecule has 11 heavy (non-hydrogen) atoms. The Kier molecular flexibility index (Phi) is 2.16. The van der Waals surface area contributed by atoms with E-state index in [1.54, 1.807) is 7.05 Å². The van der Waals surface area contributed by atoms with Gasteiger partial charge in [0.05, 0.1) is 0 Å². The fourth-order valence-corrected chi connectivity index (χ4v) is 0.747. The Balaban J connectivity index is 2.84. The van der Waals surface area contributed by atoms with Gasteiger partial charge < -0.3 is 4.57 Å². The van der Waals surface area contributed by atoms with Gasteiger partial charge in [0.1, 0.15) is 12.5 Å². The lowest BCUT2D eigenvalue weighted by atomic mass is 10.2. The van der Waals surface area contributed by atoms with E-state index < -0.39 is 12.3 Å². The van der Waals surface area contributed by atoms with Gasteiger partial charge in [0.2, 0.25) is 0 Å². The van der Waals surface area contributed by atoms with Crippen LogP contribution in [0.25, 0.3) is 0 Å². The van der Waals surface area contributed by atoms with Crippen LogP contribution < -0.4 is 0 Å². The minimum Gasteiger partial charge on any atom is -0.318 e. The van der Waals surface area contributed by atoms with E-state index in [2.05, 4.69) is 10.2 Å². The van der Waals surface area contributed by atoms with E-state index >= 15 is 0 Å². The van der Waals surface area contributed by atoms with E-state index in [0.717, 1.165) is 6.92 Å². The molecule has 0 saturated heterocycles. The van der Waals surface area contributed by atoms with Crippen LogP contribution in [0.1, 0.15) is 18.9 Å². The van der Waals surface area contributed by atoms with Crippen molar-refractivity contribution in [2.24, 2.45) is 7.05 Å². The molecule has 1 rings (SSSR count). The summed E-state index contributed by atoms with van der Waals surface area (Å²) in [6.07, 6.45) is -1.88. The van der Waals surface area contributed by atoms with Gasteiger partial charge in [-0.05, 0) is 6.92 Å². The molecule has 0 fully saturated rings. The fraction of sp³-hybridized carbons (Fsp3) is 0.667. The summed E-state index contributed by atoms with van der Waals surface area (Å²) in [6, 6.07) is 0. The summed E-state index contributed by atoms with van der Waals surface area (Å²) >= 11 is 0. The van der Waals surface area contributed by atoms with Gasteiger partial charge in [0.15, 0.2) is 12.0 Å². The molecule has 5 heteroatoms. The normalized spacial score (nSPS) is 16.4. The highest BCUT2D eigenvalue weighted by Gasteiger charge is 2.21. The highest BCUT2D eigenvalue weighted by molar-refractivity contribution is 4.92. The Morgan fingerprint density at radius 3 is 2.55 bits per heavy atom. The maximum Gasteiger partial charge on any atom is 0.190 e. The first-order valence-corrected chi connectivity index (χ1v) is 3.25.